The van der Waals surface area contributed by atoms with Crippen molar-refractivity contribution < 1.29 is 0 Å². The van der Waals surface area contributed by atoms with E-state index in [0.29, 0.717) is 6.54 Å². The molecule has 0 saturated heterocycles. The topological polar surface area (TPSA) is 63.6 Å². The fraction of sp³-hybridized carbons (Fsp3) is 0.273. The maximum Gasteiger partial charge on any atom is 0.147 e. The molecule has 2 heterocycles. The van der Waals surface area contributed by atoms with Crippen molar-refractivity contribution in [1.82, 2.24) is 19.9 Å². The highest BCUT2D eigenvalue weighted by Gasteiger charge is 2.00. The van der Waals surface area contributed by atoms with Crippen LogP contribution in [0.5, 0.6) is 0 Å². The van der Waals surface area contributed by atoms with Crippen LogP contribution in [0, 0.1) is 13.8 Å². The minimum atomic E-state index is 0.628. The molecule has 0 bridgehead atoms. The largest absolute Gasteiger partial charge is 0.363 e. The molecule has 5 heteroatoms. The fourth-order valence-corrected chi connectivity index (χ4v) is 1.36. The van der Waals surface area contributed by atoms with Gasteiger partial charge in [-0.25, -0.2) is 15.0 Å². The first-order valence-corrected chi connectivity index (χ1v) is 5.06. The molecule has 0 unspecified atom stereocenters. The molecule has 16 heavy (non-hydrogen) atoms. The Hall–Kier alpha value is -2.04. The van der Waals surface area contributed by atoms with Crippen LogP contribution in [-0.4, -0.2) is 19.9 Å². The Bertz CT molecular complexity index is 483. The average molecular weight is 215 g/mol. The smallest absolute Gasteiger partial charge is 0.147 e. The Kier molecular flexibility index (Phi) is 3.05. The lowest BCUT2D eigenvalue weighted by atomic mass is 10.3. The highest BCUT2D eigenvalue weighted by atomic mass is 15.0. The van der Waals surface area contributed by atoms with Gasteiger partial charge < -0.3 is 5.32 Å². The molecule has 1 N–H and O–H groups in total. The Labute approximate surface area is 94.0 Å². The number of rotatable bonds is 3. The Morgan fingerprint density at radius 1 is 1.06 bits per heavy atom. The summed E-state index contributed by atoms with van der Waals surface area (Å²) in [5, 5.41) is 3.19. The van der Waals surface area contributed by atoms with Crippen molar-refractivity contribution in [2.24, 2.45) is 0 Å². The third-order valence-corrected chi connectivity index (χ3v) is 2.15. The van der Waals surface area contributed by atoms with Crippen LogP contribution >= 0.6 is 0 Å². The zero-order valence-electron chi connectivity index (χ0n) is 9.31. The molecule has 0 aliphatic heterocycles. The van der Waals surface area contributed by atoms with E-state index in [-0.39, 0.29) is 0 Å². The Balaban J connectivity index is 2.05. The van der Waals surface area contributed by atoms with Gasteiger partial charge in [-0.1, -0.05) is 0 Å². The normalized spacial score (nSPS) is 10.1. The minimum Gasteiger partial charge on any atom is -0.363 e. The van der Waals surface area contributed by atoms with E-state index in [9.17, 15) is 0 Å². The summed E-state index contributed by atoms with van der Waals surface area (Å²) >= 11 is 0. The molecule has 82 valence electrons. The van der Waals surface area contributed by atoms with E-state index < -0.39 is 0 Å². The lowest BCUT2D eigenvalue weighted by Crippen LogP contribution is -2.06. The van der Waals surface area contributed by atoms with Crippen molar-refractivity contribution in [2.45, 2.75) is 20.4 Å². The van der Waals surface area contributed by atoms with E-state index in [2.05, 4.69) is 25.3 Å². The summed E-state index contributed by atoms with van der Waals surface area (Å²) in [6.45, 7) is 4.42. The maximum atomic E-state index is 4.30. The molecular weight excluding hydrogens is 202 g/mol. The summed E-state index contributed by atoms with van der Waals surface area (Å²) in [6.07, 6.45) is 5.10. The van der Waals surface area contributed by atoms with Crippen molar-refractivity contribution in [2.75, 3.05) is 5.32 Å². The maximum absolute atomic E-state index is 4.30. The first kappa shape index (κ1) is 10.5. The Morgan fingerprint density at radius 3 is 2.62 bits per heavy atom. The molecule has 0 atom stereocenters. The number of aromatic nitrogens is 4. The summed E-state index contributed by atoms with van der Waals surface area (Å²) in [6, 6.07) is 1.88. The van der Waals surface area contributed by atoms with Gasteiger partial charge in [-0.3, -0.25) is 4.98 Å². The van der Waals surface area contributed by atoms with Crippen LogP contribution in [0.3, 0.4) is 0 Å². The van der Waals surface area contributed by atoms with Gasteiger partial charge in [-0.05, 0) is 19.9 Å². The lowest BCUT2D eigenvalue weighted by molar-refractivity contribution is 0.943. The summed E-state index contributed by atoms with van der Waals surface area (Å²) in [5.41, 5.74) is 1.82. The van der Waals surface area contributed by atoms with Crippen molar-refractivity contribution in [3.63, 3.8) is 0 Å². The minimum absolute atomic E-state index is 0.628. The first-order valence-electron chi connectivity index (χ1n) is 5.06. The third-order valence-electron chi connectivity index (χ3n) is 2.15. The number of nitrogens with zero attached hydrogens (tertiary/aromatic N) is 4. The van der Waals surface area contributed by atoms with Crippen LogP contribution in [0.1, 0.15) is 17.2 Å². The van der Waals surface area contributed by atoms with Crippen molar-refractivity contribution >= 4 is 5.82 Å². The molecule has 0 amide bonds. The average Bonchev–Trinajstić information content (AvgIpc) is 2.28. The monoisotopic (exact) mass is 215 g/mol. The molecule has 0 spiro atoms. The first-order chi connectivity index (χ1) is 7.75. The number of aryl methyl sites for hydroxylation is 2. The van der Waals surface area contributed by atoms with Crippen molar-refractivity contribution in [3.05, 3.63) is 41.9 Å². The number of hydrogen-bond donors (Lipinski definition) is 1. The number of anilines is 1. The van der Waals surface area contributed by atoms with E-state index >= 15 is 0 Å². The zero-order valence-corrected chi connectivity index (χ0v) is 9.31. The second kappa shape index (κ2) is 4.65. The Morgan fingerprint density at radius 2 is 1.88 bits per heavy atom. The highest BCUT2D eigenvalue weighted by molar-refractivity contribution is 5.38. The van der Waals surface area contributed by atoms with Gasteiger partial charge in [0.05, 0.1) is 17.9 Å². The lowest BCUT2D eigenvalue weighted by Gasteiger charge is -2.06. The summed E-state index contributed by atoms with van der Waals surface area (Å²) in [7, 11) is 0. The molecule has 0 aromatic carbocycles. The van der Waals surface area contributed by atoms with Crippen LogP contribution in [-0.2, 0) is 6.54 Å². The summed E-state index contributed by atoms with van der Waals surface area (Å²) in [5.74, 6) is 1.56. The van der Waals surface area contributed by atoms with E-state index in [0.717, 1.165) is 23.0 Å². The molecule has 2 aromatic heterocycles. The molecule has 2 aromatic rings. The molecule has 2 rings (SSSR count). The van der Waals surface area contributed by atoms with Gasteiger partial charge in [0, 0.05) is 18.6 Å². The number of nitrogens with one attached hydrogen (secondary N) is 1. The fourth-order valence-electron chi connectivity index (χ4n) is 1.36. The van der Waals surface area contributed by atoms with E-state index in [1.165, 1.54) is 0 Å². The van der Waals surface area contributed by atoms with Crippen LogP contribution in [0.4, 0.5) is 5.82 Å². The molecule has 0 radical (unpaired) electrons. The molecule has 0 aliphatic rings. The van der Waals surface area contributed by atoms with Gasteiger partial charge >= 0.3 is 0 Å². The third kappa shape index (κ3) is 2.50. The van der Waals surface area contributed by atoms with E-state index in [1.807, 2.05) is 19.9 Å². The van der Waals surface area contributed by atoms with Crippen molar-refractivity contribution in [3.8, 4) is 0 Å². The van der Waals surface area contributed by atoms with E-state index in [1.54, 1.807) is 18.6 Å². The second-order valence-electron chi connectivity index (χ2n) is 3.44. The molecule has 5 nitrogen and oxygen atoms in total. The quantitative estimate of drug-likeness (QED) is 0.840. The van der Waals surface area contributed by atoms with Gasteiger partial charge in [0.25, 0.3) is 0 Å². The molecule has 0 aliphatic carbocycles. The predicted octanol–water partition coefficient (Wildman–Crippen LogP) is 1.50. The van der Waals surface area contributed by atoms with Crippen LogP contribution in [0.25, 0.3) is 0 Å². The van der Waals surface area contributed by atoms with E-state index in [4.69, 9.17) is 0 Å². The summed E-state index contributed by atoms with van der Waals surface area (Å²) < 4.78 is 0. The predicted molar refractivity (Wildman–Crippen MR) is 60.9 cm³/mol. The van der Waals surface area contributed by atoms with Gasteiger partial charge in [-0.15, -0.1) is 0 Å². The second-order valence-corrected chi connectivity index (χ2v) is 3.44. The summed E-state index contributed by atoms with van der Waals surface area (Å²) in [4.78, 5) is 16.7. The van der Waals surface area contributed by atoms with Crippen molar-refractivity contribution in [1.29, 1.82) is 0 Å². The van der Waals surface area contributed by atoms with Crippen LogP contribution in [0.2, 0.25) is 0 Å². The van der Waals surface area contributed by atoms with Crippen LogP contribution in [0.15, 0.2) is 24.7 Å². The molecular formula is C11H13N5. The van der Waals surface area contributed by atoms with Gasteiger partial charge in [0.2, 0.25) is 0 Å². The molecule has 0 saturated carbocycles. The SMILES string of the molecule is Cc1nccc(CNc2nccnc2C)n1. The van der Waals surface area contributed by atoms with Gasteiger partial charge in [0.1, 0.15) is 11.6 Å². The number of hydrogen-bond acceptors (Lipinski definition) is 5. The van der Waals surface area contributed by atoms with Gasteiger partial charge in [-0.2, -0.15) is 0 Å². The highest BCUT2D eigenvalue weighted by Crippen LogP contribution is 2.07. The van der Waals surface area contributed by atoms with Crippen LogP contribution < -0.4 is 5.32 Å². The standard InChI is InChI=1S/C11H13N5/c1-8-11(14-6-5-12-8)15-7-10-3-4-13-9(2)16-10/h3-6H,7H2,1-2H3,(H,14,15). The van der Waals surface area contributed by atoms with Gasteiger partial charge in [0.15, 0.2) is 0 Å². The molecule has 0 fully saturated rings. The zero-order chi connectivity index (χ0) is 11.4.